The van der Waals surface area contributed by atoms with Crippen molar-refractivity contribution in [3.63, 3.8) is 0 Å². The Morgan fingerprint density at radius 3 is 2.64 bits per heavy atom. The number of ketones is 1. The van der Waals surface area contributed by atoms with Crippen molar-refractivity contribution in [2.45, 2.75) is 13.8 Å². The zero-order chi connectivity index (χ0) is 10.8. The molecule has 0 aliphatic heterocycles. The molecule has 0 aliphatic carbocycles. The van der Waals surface area contributed by atoms with Crippen LogP contribution in [0.2, 0.25) is 0 Å². The van der Waals surface area contributed by atoms with Gasteiger partial charge in [-0.05, 0) is 12.1 Å². The van der Waals surface area contributed by atoms with Gasteiger partial charge in [0.2, 0.25) is 0 Å². The third kappa shape index (κ3) is 2.17. The molecular weight excluding hydrogens is 181 g/mol. The Bertz CT molecular complexity index is 347. The Balaban J connectivity index is 3.01. The van der Waals surface area contributed by atoms with Crippen LogP contribution in [-0.2, 0) is 0 Å². The molecule has 1 rings (SSSR count). The van der Waals surface area contributed by atoms with Gasteiger partial charge in [-0.15, -0.1) is 0 Å². The second-order valence-corrected chi connectivity index (χ2v) is 3.93. The summed E-state index contributed by atoms with van der Waals surface area (Å²) in [5.74, 6) is -0.525. The van der Waals surface area contributed by atoms with Crippen LogP contribution in [0.4, 0.5) is 4.39 Å². The molecule has 0 bridgehead atoms. The summed E-state index contributed by atoms with van der Waals surface area (Å²) in [4.78, 5) is 11.8. The highest BCUT2D eigenvalue weighted by Crippen LogP contribution is 2.20. The van der Waals surface area contributed by atoms with Crippen LogP contribution in [0.1, 0.15) is 24.2 Å². The number of hydrogen-bond acceptors (Lipinski definition) is 2. The normalized spacial score (nSPS) is 11.4. The quantitative estimate of drug-likeness (QED) is 0.749. The summed E-state index contributed by atoms with van der Waals surface area (Å²) in [5.41, 5.74) is 5.21. The van der Waals surface area contributed by atoms with E-state index in [1.54, 1.807) is 19.9 Å². The van der Waals surface area contributed by atoms with E-state index in [0.717, 1.165) is 0 Å². The van der Waals surface area contributed by atoms with Crippen LogP contribution in [0.25, 0.3) is 0 Å². The summed E-state index contributed by atoms with van der Waals surface area (Å²) >= 11 is 0. The first-order chi connectivity index (χ1) is 6.47. The minimum absolute atomic E-state index is 0.125. The number of nitrogens with two attached hydrogens (primary N) is 1. The van der Waals surface area contributed by atoms with E-state index in [4.69, 9.17) is 5.73 Å². The van der Waals surface area contributed by atoms with Gasteiger partial charge in [0, 0.05) is 17.5 Å². The molecular formula is C11H14FNO. The van der Waals surface area contributed by atoms with Crippen molar-refractivity contribution in [1.82, 2.24) is 0 Å². The van der Waals surface area contributed by atoms with Crippen LogP contribution in [-0.4, -0.2) is 12.3 Å². The molecule has 0 heterocycles. The van der Waals surface area contributed by atoms with E-state index in [1.807, 2.05) is 0 Å². The highest BCUT2D eigenvalue weighted by Gasteiger charge is 2.26. The summed E-state index contributed by atoms with van der Waals surface area (Å²) in [6.07, 6.45) is 0. The predicted molar refractivity (Wildman–Crippen MR) is 53.6 cm³/mol. The Morgan fingerprint density at radius 1 is 1.50 bits per heavy atom. The topological polar surface area (TPSA) is 43.1 Å². The fourth-order valence-electron chi connectivity index (χ4n) is 1.11. The molecule has 0 unspecified atom stereocenters. The number of hydrogen-bond donors (Lipinski definition) is 1. The van der Waals surface area contributed by atoms with Crippen molar-refractivity contribution in [2.75, 3.05) is 6.54 Å². The van der Waals surface area contributed by atoms with Crippen molar-refractivity contribution in [2.24, 2.45) is 11.1 Å². The van der Waals surface area contributed by atoms with Gasteiger partial charge < -0.3 is 5.73 Å². The third-order valence-corrected chi connectivity index (χ3v) is 2.21. The highest BCUT2D eigenvalue weighted by atomic mass is 19.1. The van der Waals surface area contributed by atoms with E-state index >= 15 is 0 Å². The van der Waals surface area contributed by atoms with Crippen LogP contribution in [0.15, 0.2) is 24.3 Å². The molecule has 0 aliphatic rings. The molecule has 2 nitrogen and oxygen atoms in total. The zero-order valence-electron chi connectivity index (χ0n) is 8.38. The largest absolute Gasteiger partial charge is 0.329 e. The van der Waals surface area contributed by atoms with E-state index in [2.05, 4.69) is 0 Å². The fourth-order valence-corrected chi connectivity index (χ4v) is 1.11. The van der Waals surface area contributed by atoms with Gasteiger partial charge in [0.05, 0.1) is 0 Å². The van der Waals surface area contributed by atoms with Gasteiger partial charge in [-0.1, -0.05) is 26.0 Å². The summed E-state index contributed by atoms with van der Waals surface area (Å²) in [6.45, 7) is 3.75. The SMILES string of the molecule is CC(C)(CN)C(=O)c1cccc(F)c1. The molecule has 0 fully saturated rings. The Labute approximate surface area is 82.9 Å². The lowest BCUT2D eigenvalue weighted by Crippen LogP contribution is -2.32. The zero-order valence-corrected chi connectivity index (χ0v) is 8.38. The molecule has 1 aromatic carbocycles. The first-order valence-electron chi connectivity index (χ1n) is 4.48. The molecule has 3 heteroatoms. The number of carbonyl (C=O) groups excluding carboxylic acids is 1. The van der Waals surface area contributed by atoms with Gasteiger partial charge >= 0.3 is 0 Å². The van der Waals surface area contributed by atoms with Crippen molar-refractivity contribution >= 4 is 5.78 Å². The molecule has 0 saturated carbocycles. The Kier molecular flexibility index (Phi) is 3.01. The number of Topliss-reactive ketones (excluding diaryl/α,β-unsaturated/α-hetero) is 1. The van der Waals surface area contributed by atoms with Crippen LogP contribution >= 0.6 is 0 Å². The molecule has 0 atom stereocenters. The third-order valence-electron chi connectivity index (χ3n) is 2.21. The molecule has 1 aromatic rings. The van der Waals surface area contributed by atoms with E-state index in [9.17, 15) is 9.18 Å². The maximum absolute atomic E-state index is 12.8. The average Bonchev–Trinajstić information content (AvgIpc) is 2.16. The molecule has 76 valence electrons. The van der Waals surface area contributed by atoms with Gasteiger partial charge in [0.1, 0.15) is 5.82 Å². The first-order valence-corrected chi connectivity index (χ1v) is 4.48. The second kappa shape index (κ2) is 3.88. The lowest BCUT2D eigenvalue weighted by Gasteiger charge is -2.20. The van der Waals surface area contributed by atoms with Crippen molar-refractivity contribution in [3.05, 3.63) is 35.6 Å². The van der Waals surface area contributed by atoms with E-state index in [1.165, 1.54) is 18.2 Å². The molecule has 0 aromatic heterocycles. The van der Waals surface area contributed by atoms with Gasteiger partial charge in [0.25, 0.3) is 0 Å². The Hall–Kier alpha value is -1.22. The average molecular weight is 195 g/mol. The van der Waals surface area contributed by atoms with E-state index in [0.29, 0.717) is 5.56 Å². The standard InChI is InChI=1S/C11H14FNO/c1-11(2,7-13)10(14)8-4-3-5-9(12)6-8/h3-6H,7,13H2,1-2H3. The number of carbonyl (C=O) groups is 1. The molecule has 14 heavy (non-hydrogen) atoms. The Morgan fingerprint density at radius 2 is 2.14 bits per heavy atom. The molecule has 0 spiro atoms. The monoisotopic (exact) mass is 195 g/mol. The van der Waals surface area contributed by atoms with E-state index < -0.39 is 11.2 Å². The summed E-state index contributed by atoms with van der Waals surface area (Å²) < 4.78 is 12.8. The first kappa shape index (κ1) is 10.9. The molecule has 0 radical (unpaired) electrons. The minimum Gasteiger partial charge on any atom is -0.329 e. The molecule has 0 amide bonds. The van der Waals surface area contributed by atoms with Crippen molar-refractivity contribution < 1.29 is 9.18 Å². The number of benzene rings is 1. The lowest BCUT2D eigenvalue weighted by molar-refractivity contribution is 0.0847. The van der Waals surface area contributed by atoms with Crippen LogP contribution in [0.5, 0.6) is 0 Å². The minimum atomic E-state index is -0.631. The summed E-state index contributed by atoms with van der Waals surface area (Å²) in [7, 11) is 0. The van der Waals surface area contributed by atoms with Gasteiger partial charge in [-0.25, -0.2) is 4.39 Å². The molecule has 0 saturated heterocycles. The molecule has 2 N–H and O–H groups in total. The fraction of sp³-hybridized carbons (Fsp3) is 0.364. The smallest absolute Gasteiger partial charge is 0.169 e. The predicted octanol–water partition coefficient (Wildman–Crippen LogP) is 1.99. The highest BCUT2D eigenvalue weighted by molar-refractivity contribution is 6.00. The maximum Gasteiger partial charge on any atom is 0.169 e. The van der Waals surface area contributed by atoms with Crippen LogP contribution in [0, 0.1) is 11.2 Å². The number of rotatable bonds is 3. The van der Waals surface area contributed by atoms with Crippen LogP contribution < -0.4 is 5.73 Å². The number of halogens is 1. The maximum atomic E-state index is 12.8. The van der Waals surface area contributed by atoms with E-state index in [-0.39, 0.29) is 12.3 Å². The summed E-state index contributed by atoms with van der Waals surface area (Å²) in [6, 6.07) is 5.67. The van der Waals surface area contributed by atoms with Gasteiger partial charge in [-0.2, -0.15) is 0 Å². The van der Waals surface area contributed by atoms with Crippen molar-refractivity contribution in [1.29, 1.82) is 0 Å². The second-order valence-electron chi connectivity index (χ2n) is 3.93. The summed E-state index contributed by atoms with van der Waals surface area (Å²) in [5, 5.41) is 0. The van der Waals surface area contributed by atoms with Crippen LogP contribution in [0.3, 0.4) is 0 Å². The van der Waals surface area contributed by atoms with Gasteiger partial charge in [-0.3, -0.25) is 4.79 Å². The van der Waals surface area contributed by atoms with Crippen molar-refractivity contribution in [3.8, 4) is 0 Å². The lowest BCUT2D eigenvalue weighted by atomic mass is 9.84. The van der Waals surface area contributed by atoms with Gasteiger partial charge in [0.15, 0.2) is 5.78 Å².